The van der Waals surface area contributed by atoms with Crippen LogP contribution in [0.5, 0.6) is 0 Å². The largest absolute Gasteiger partial charge is 0.378 e. The third-order valence-electron chi connectivity index (χ3n) is 2.73. The maximum Gasteiger partial charge on any atom is 0.213 e. The molecule has 0 aliphatic carbocycles. The molecule has 0 bridgehead atoms. The monoisotopic (exact) mass is 230 g/mol. The van der Waals surface area contributed by atoms with Gasteiger partial charge in [0.15, 0.2) is 0 Å². The molecule has 0 amide bonds. The third-order valence-corrected chi connectivity index (χ3v) is 2.73. The Morgan fingerprint density at radius 3 is 2.53 bits per heavy atom. The second-order valence-corrected chi connectivity index (χ2v) is 4.21. The van der Waals surface area contributed by atoms with Crippen molar-refractivity contribution >= 4 is 5.69 Å². The van der Waals surface area contributed by atoms with Gasteiger partial charge in [-0.3, -0.25) is 0 Å². The van der Waals surface area contributed by atoms with Gasteiger partial charge >= 0.3 is 0 Å². The average Bonchev–Trinajstić information content (AvgIpc) is 2.29. The fraction of sp³-hybridized carbons (Fsp3) is 0.214. The lowest BCUT2D eigenvalue weighted by Gasteiger charge is -2.14. The van der Waals surface area contributed by atoms with Crippen LogP contribution in [0.4, 0.5) is 10.1 Å². The molecule has 2 nitrogen and oxygen atoms in total. The van der Waals surface area contributed by atoms with Gasteiger partial charge in [0.2, 0.25) is 5.95 Å². The summed E-state index contributed by atoms with van der Waals surface area (Å²) in [4.78, 5) is 5.88. The van der Waals surface area contributed by atoms with E-state index in [1.807, 2.05) is 44.1 Å². The fourth-order valence-corrected chi connectivity index (χ4v) is 1.79. The lowest BCUT2D eigenvalue weighted by atomic mass is 10.0. The minimum atomic E-state index is -0.435. The van der Waals surface area contributed by atoms with Crippen LogP contribution in [-0.4, -0.2) is 19.1 Å². The van der Waals surface area contributed by atoms with Gasteiger partial charge in [0, 0.05) is 31.0 Å². The van der Waals surface area contributed by atoms with Gasteiger partial charge in [0.05, 0.1) is 0 Å². The molecule has 0 unspecified atom stereocenters. The number of rotatable bonds is 2. The molecule has 0 aliphatic heterocycles. The van der Waals surface area contributed by atoms with E-state index in [9.17, 15) is 4.39 Å². The number of anilines is 1. The highest BCUT2D eigenvalue weighted by Gasteiger charge is 2.05. The molecule has 3 heteroatoms. The Hall–Kier alpha value is -1.90. The van der Waals surface area contributed by atoms with Gasteiger partial charge in [-0.05, 0) is 36.8 Å². The Morgan fingerprint density at radius 2 is 1.88 bits per heavy atom. The van der Waals surface area contributed by atoms with Gasteiger partial charge in [0.1, 0.15) is 0 Å². The van der Waals surface area contributed by atoms with Crippen molar-refractivity contribution in [1.82, 2.24) is 4.98 Å². The molecule has 1 aromatic carbocycles. The van der Waals surface area contributed by atoms with Crippen LogP contribution in [0.25, 0.3) is 11.1 Å². The van der Waals surface area contributed by atoms with Gasteiger partial charge in [-0.1, -0.05) is 12.1 Å². The topological polar surface area (TPSA) is 16.1 Å². The second kappa shape index (κ2) is 4.53. The molecule has 0 aliphatic rings. The first-order valence-electron chi connectivity index (χ1n) is 5.49. The van der Waals surface area contributed by atoms with Crippen LogP contribution >= 0.6 is 0 Å². The Balaban J connectivity index is 2.49. The van der Waals surface area contributed by atoms with Crippen LogP contribution in [0.15, 0.2) is 36.4 Å². The SMILES string of the molecule is Cc1nc(F)ccc1-c1cccc(N(C)C)c1. The maximum absolute atomic E-state index is 13.0. The highest BCUT2D eigenvalue weighted by Crippen LogP contribution is 2.25. The summed E-state index contributed by atoms with van der Waals surface area (Å²) in [6, 6.07) is 11.3. The van der Waals surface area contributed by atoms with Crippen molar-refractivity contribution in [3.8, 4) is 11.1 Å². The minimum Gasteiger partial charge on any atom is -0.378 e. The Morgan fingerprint density at radius 1 is 1.12 bits per heavy atom. The summed E-state index contributed by atoms with van der Waals surface area (Å²) in [5.74, 6) is -0.435. The molecule has 17 heavy (non-hydrogen) atoms. The number of aryl methyl sites for hydroxylation is 1. The Labute approximate surface area is 101 Å². The first-order valence-corrected chi connectivity index (χ1v) is 5.49. The zero-order valence-corrected chi connectivity index (χ0v) is 10.2. The van der Waals surface area contributed by atoms with Crippen molar-refractivity contribution in [2.24, 2.45) is 0 Å². The van der Waals surface area contributed by atoms with E-state index >= 15 is 0 Å². The Bertz CT molecular complexity index is 535. The van der Waals surface area contributed by atoms with Crippen LogP contribution in [-0.2, 0) is 0 Å². The molecular weight excluding hydrogens is 215 g/mol. The van der Waals surface area contributed by atoms with Gasteiger partial charge in [-0.15, -0.1) is 0 Å². The van der Waals surface area contributed by atoms with Gasteiger partial charge in [-0.2, -0.15) is 4.39 Å². The minimum absolute atomic E-state index is 0.435. The van der Waals surface area contributed by atoms with E-state index in [4.69, 9.17) is 0 Å². The smallest absolute Gasteiger partial charge is 0.213 e. The van der Waals surface area contributed by atoms with Crippen molar-refractivity contribution in [3.63, 3.8) is 0 Å². The highest BCUT2D eigenvalue weighted by atomic mass is 19.1. The summed E-state index contributed by atoms with van der Waals surface area (Å²) in [6.07, 6.45) is 0. The predicted molar refractivity (Wildman–Crippen MR) is 68.7 cm³/mol. The van der Waals surface area contributed by atoms with Crippen LogP contribution in [0.3, 0.4) is 0 Å². The van der Waals surface area contributed by atoms with Gasteiger partial charge in [0.25, 0.3) is 0 Å². The summed E-state index contributed by atoms with van der Waals surface area (Å²) >= 11 is 0. The maximum atomic E-state index is 13.0. The van der Waals surface area contributed by atoms with E-state index < -0.39 is 5.95 Å². The van der Waals surface area contributed by atoms with E-state index in [-0.39, 0.29) is 0 Å². The van der Waals surface area contributed by atoms with Gasteiger partial charge < -0.3 is 4.90 Å². The average molecular weight is 230 g/mol. The zero-order chi connectivity index (χ0) is 12.4. The molecular formula is C14H15FN2. The predicted octanol–water partition coefficient (Wildman–Crippen LogP) is 3.26. The zero-order valence-electron chi connectivity index (χ0n) is 10.2. The summed E-state index contributed by atoms with van der Waals surface area (Å²) in [5.41, 5.74) is 3.85. The van der Waals surface area contributed by atoms with Crippen LogP contribution in [0.2, 0.25) is 0 Å². The number of pyridine rings is 1. The van der Waals surface area contributed by atoms with E-state index in [1.54, 1.807) is 6.07 Å². The van der Waals surface area contributed by atoms with E-state index in [1.165, 1.54) is 6.07 Å². The number of benzene rings is 1. The Kier molecular flexibility index (Phi) is 3.09. The molecule has 0 N–H and O–H groups in total. The normalized spacial score (nSPS) is 10.4. The summed E-state index contributed by atoms with van der Waals surface area (Å²) in [5, 5.41) is 0. The standard InChI is InChI=1S/C14H15FN2/c1-10-13(7-8-14(15)16-10)11-5-4-6-12(9-11)17(2)3/h4-9H,1-3H3. The van der Waals surface area contributed by atoms with Crippen molar-refractivity contribution < 1.29 is 4.39 Å². The highest BCUT2D eigenvalue weighted by molar-refractivity contribution is 5.69. The molecule has 0 radical (unpaired) electrons. The van der Waals surface area contributed by atoms with Crippen molar-refractivity contribution in [2.45, 2.75) is 6.92 Å². The van der Waals surface area contributed by atoms with E-state index in [0.717, 1.165) is 16.8 Å². The number of hydrogen-bond donors (Lipinski definition) is 0. The molecule has 2 rings (SSSR count). The number of aromatic nitrogens is 1. The summed E-state index contributed by atoms with van der Waals surface area (Å²) in [6.45, 7) is 1.82. The summed E-state index contributed by atoms with van der Waals surface area (Å²) in [7, 11) is 3.99. The number of nitrogens with zero attached hydrogens (tertiary/aromatic N) is 2. The van der Waals surface area contributed by atoms with Crippen molar-refractivity contribution in [1.29, 1.82) is 0 Å². The molecule has 0 saturated heterocycles. The lowest BCUT2D eigenvalue weighted by molar-refractivity contribution is 0.580. The van der Waals surface area contributed by atoms with Crippen LogP contribution in [0, 0.1) is 12.9 Å². The number of hydrogen-bond acceptors (Lipinski definition) is 2. The molecule has 0 atom stereocenters. The quantitative estimate of drug-likeness (QED) is 0.736. The molecule has 0 saturated carbocycles. The molecule has 0 spiro atoms. The lowest BCUT2D eigenvalue weighted by Crippen LogP contribution is -2.08. The molecule has 88 valence electrons. The first-order chi connectivity index (χ1) is 8.08. The molecule has 1 aromatic heterocycles. The van der Waals surface area contributed by atoms with Gasteiger partial charge in [-0.25, -0.2) is 4.98 Å². The number of halogens is 1. The van der Waals surface area contributed by atoms with E-state index in [0.29, 0.717) is 5.69 Å². The second-order valence-electron chi connectivity index (χ2n) is 4.21. The van der Waals surface area contributed by atoms with Crippen LogP contribution < -0.4 is 4.90 Å². The van der Waals surface area contributed by atoms with Crippen molar-refractivity contribution in [2.75, 3.05) is 19.0 Å². The third kappa shape index (κ3) is 2.44. The molecule has 1 heterocycles. The van der Waals surface area contributed by atoms with E-state index in [2.05, 4.69) is 11.1 Å². The first kappa shape index (κ1) is 11.6. The summed E-state index contributed by atoms with van der Waals surface area (Å²) < 4.78 is 13.0. The molecule has 0 fully saturated rings. The fourth-order valence-electron chi connectivity index (χ4n) is 1.79. The molecule has 2 aromatic rings. The van der Waals surface area contributed by atoms with Crippen molar-refractivity contribution in [3.05, 3.63) is 48.0 Å². The van der Waals surface area contributed by atoms with Crippen LogP contribution in [0.1, 0.15) is 5.69 Å².